The van der Waals surface area contributed by atoms with E-state index in [1.54, 1.807) is 7.11 Å². The number of fused-ring (bicyclic) bond motifs is 1. The number of methoxy groups -OCH3 is 1. The molecule has 32 heavy (non-hydrogen) atoms. The molecule has 3 aromatic carbocycles. The summed E-state index contributed by atoms with van der Waals surface area (Å²) in [7, 11) is 1.62. The van der Waals surface area contributed by atoms with Crippen molar-refractivity contribution in [3.05, 3.63) is 95.7 Å². The highest BCUT2D eigenvalue weighted by Crippen LogP contribution is 2.31. The Labute approximate surface area is 189 Å². The van der Waals surface area contributed by atoms with Crippen molar-refractivity contribution >= 4 is 28.6 Å². The number of carbonyl (C=O) groups is 1. The lowest BCUT2D eigenvalue weighted by Gasteiger charge is -2.18. The maximum Gasteiger partial charge on any atom is 0.230 e. The van der Waals surface area contributed by atoms with Gasteiger partial charge >= 0.3 is 0 Å². The molecule has 1 atom stereocenters. The van der Waals surface area contributed by atoms with Crippen molar-refractivity contribution in [2.45, 2.75) is 10.8 Å². The molecule has 164 valence electrons. The van der Waals surface area contributed by atoms with Gasteiger partial charge in [-0.2, -0.15) is 0 Å². The summed E-state index contributed by atoms with van der Waals surface area (Å²) in [6.45, 7) is 0.394. The molecule has 0 aliphatic heterocycles. The summed E-state index contributed by atoms with van der Waals surface area (Å²) in [5.41, 5.74) is 3.16. The van der Waals surface area contributed by atoms with E-state index in [9.17, 15) is 13.6 Å². The summed E-state index contributed by atoms with van der Waals surface area (Å²) in [5, 5.41) is 4.08. The molecule has 2 N–H and O–H groups in total. The lowest BCUT2D eigenvalue weighted by atomic mass is 9.91. The van der Waals surface area contributed by atoms with E-state index in [2.05, 4.69) is 16.4 Å². The summed E-state index contributed by atoms with van der Waals surface area (Å²) in [6, 6.07) is 19.4. The van der Waals surface area contributed by atoms with Gasteiger partial charge in [0.25, 0.3) is 0 Å². The molecule has 0 saturated heterocycles. The van der Waals surface area contributed by atoms with Crippen LogP contribution in [0.3, 0.4) is 0 Å². The molecule has 0 spiro atoms. The second kappa shape index (κ2) is 9.87. The summed E-state index contributed by atoms with van der Waals surface area (Å²) >= 11 is 1.16. The van der Waals surface area contributed by atoms with Gasteiger partial charge in [0, 0.05) is 34.5 Å². The van der Waals surface area contributed by atoms with Crippen molar-refractivity contribution in [1.29, 1.82) is 0 Å². The first-order chi connectivity index (χ1) is 15.5. The van der Waals surface area contributed by atoms with Crippen LogP contribution >= 0.6 is 11.8 Å². The highest BCUT2D eigenvalue weighted by atomic mass is 32.2. The third-order valence-electron chi connectivity index (χ3n) is 5.28. The van der Waals surface area contributed by atoms with Gasteiger partial charge in [-0.15, -0.1) is 11.8 Å². The normalized spacial score (nSPS) is 12.0. The second-order valence-electron chi connectivity index (χ2n) is 7.28. The fourth-order valence-electron chi connectivity index (χ4n) is 3.61. The number of H-pyrrole nitrogens is 1. The Balaban J connectivity index is 1.50. The van der Waals surface area contributed by atoms with Crippen molar-refractivity contribution in [3.63, 3.8) is 0 Å². The fraction of sp³-hybridized carbons (Fsp3) is 0.160. The Hall–Kier alpha value is -3.32. The van der Waals surface area contributed by atoms with Gasteiger partial charge in [0.2, 0.25) is 5.91 Å². The first-order valence-electron chi connectivity index (χ1n) is 10.1. The smallest absolute Gasteiger partial charge is 0.230 e. The molecule has 0 radical (unpaired) electrons. The minimum absolute atomic E-state index is 0.0747. The van der Waals surface area contributed by atoms with Crippen LogP contribution in [0.1, 0.15) is 17.0 Å². The zero-order chi connectivity index (χ0) is 22.5. The van der Waals surface area contributed by atoms with Crippen LogP contribution in [0, 0.1) is 11.6 Å². The topological polar surface area (TPSA) is 54.1 Å². The first-order valence-corrected chi connectivity index (χ1v) is 11.1. The Morgan fingerprint density at radius 2 is 1.84 bits per heavy atom. The van der Waals surface area contributed by atoms with Crippen molar-refractivity contribution in [2.75, 3.05) is 19.4 Å². The van der Waals surface area contributed by atoms with Crippen molar-refractivity contribution in [2.24, 2.45) is 0 Å². The average molecular weight is 453 g/mol. The van der Waals surface area contributed by atoms with Crippen LogP contribution in [0.4, 0.5) is 8.78 Å². The molecule has 4 aromatic rings. The van der Waals surface area contributed by atoms with Gasteiger partial charge in [0.15, 0.2) is 11.6 Å². The standard InChI is InChI=1S/C25H22F2N2O2S/c1-31-17-8-6-16(7-9-17)20(21-14-28-24-5-3-2-4-19(21)24)13-29-25(30)15-32-18-10-11-22(26)23(27)12-18/h2-12,14,20,28H,13,15H2,1H3,(H,29,30). The molecule has 1 unspecified atom stereocenters. The van der Waals surface area contributed by atoms with E-state index >= 15 is 0 Å². The fourth-order valence-corrected chi connectivity index (χ4v) is 4.36. The van der Waals surface area contributed by atoms with Crippen molar-refractivity contribution < 1.29 is 18.3 Å². The molecule has 1 amide bonds. The highest BCUT2D eigenvalue weighted by molar-refractivity contribution is 8.00. The second-order valence-corrected chi connectivity index (χ2v) is 8.33. The number of carbonyl (C=O) groups excluding carboxylic acids is 1. The van der Waals surface area contributed by atoms with Gasteiger partial charge < -0.3 is 15.0 Å². The predicted molar refractivity (Wildman–Crippen MR) is 123 cm³/mol. The van der Waals surface area contributed by atoms with Crippen LogP contribution < -0.4 is 10.1 Å². The summed E-state index contributed by atoms with van der Waals surface area (Å²) < 4.78 is 31.7. The number of benzene rings is 3. The van der Waals surface area contributed by atoms with Crippen LogP contribution in [0.5, 0.6) is 5.75 Å². The largest absolute Gasteiger partial charge is 0.497 e. The number of halogens is 2. The number of hydrogen-bond acceptors (Lipinski definition) is 3. The van der Waals surface area contributed by atoms with E-state index in [1.165, 1.54) is 6.07 Å². The Bertz CT molecular complexity index is 1220. The van der Waals surface area contributed by atoms with Gasteiger partial charge in [-0.3, -0.25) is 4.79 Å². The lowest BCUT2D eigenvalue weighted by molar-refractivity contribution is -0.118. The molecule has 4 nitrogen and oxygen atoms in total. The Morgan fingerprint density at radius 1 is 1.06 bits per heavy atom. The molecule has 0 bridgehead atoms. The van der Waals surface area contributed by atoms with Crippen LogP contribution in [0.15, 0.2) is 77.8 Å². The molecule has 0 aliphatic carbocycles. The zero-order valence-electron chi connectivity index (χ0n) is 17.4. The number of ether oxygens (including phenoxy) is 1. The molecule has 1 aromatic heterocycles. The van der Waals surface area contributed by atoms with Crippen LogP contribution in [0.25, 0.3) is 10.9 Å². The van der Waals surface area contributed by atoms with Crippen LogP contribution in [-0.2, 0) is 4.79 Å². The maximum atomic E-state index is 13.4. The molecule has 7 heteroatoms. The number of para-hydroxylation sites is 1. The Morgan fingerprint density at radius 3 is 2.59 bits per heavy atom. The average Bonchev–Trinajstić information content (AvgIpc) is 3.24. The van der Waals surface area contributed by atoms with Gasteiger partial charge in [-0.25, -0.2) is 8.78 Å². The summed E-state index contributed by atoms with van der Waals surface area (Å²) in [5.74, 6) is -1.21. The quantitative estimate of drug-likeness (QED) is 0.347. The molecular formula is C25H22F2N2O2S. The number of hydrogen-bond donors (Lipinski definition) is 2. The molecular weight excluding hydrogens is 430 g/mol. The SMILES string of the molecule is COc1ccc(C(CNC(=O)CSc2ccc(F)c(F)c2)c2c[nH]c3ccccc23)cc1. The number of aromatic amines is 1. The predicted octanol–water partition coefficient (Wildman–Crippen LogP) is 5.50. The monoisotopic (exact) mass is 452 g/mol. The lowest BCUT2D eigenvalue weighted by Crippen LogP contribution is -2.30. The van der Waals surface area contributed by atoms with Gasteiger partial charge in [-0.1, -0.05) is 30.3 Å². The van der Waals surface area contributed by atoms with E-state index in [1.807, 2.05) is 48.7 Å². The molecule has 0 fully saturated rings. The minimum atomic E-state index is -0.922. The number of amides is 1. The van der Waals surface area contributed by atoms with E-state index in [4.69, 9.17) is 4.74 Å². The number of rotatable bonds is 8. The van der Waals surface area contributed by atoms with E-state index in [-0.39, 0.29) is 17.6 Å². The third-order valence-corrected chi connectivity index (χ3v) is 6.27. The number of thioether (sulfide) groups is 1. The molecule has 0 saturated carbocycles. The minimum Gasteiger partial charge on any atom is -0.497 e. The van der Waals surface area contributed by atoms with Gasteiger partial charge in [0.05, 0.1) is 12.9 Å². The van der Waals surface area contributed by atoms with E-state index in [0.29, 0.717) is 11.4 Å². The van der Waals surface area contributed by atoms with Crippen molar-refractivity contribution in [3.8, 4) is 5.75 Å². The van der Waals surface area contributed by atoms with Gasteiger partial charge in [0.1, 0.15) is 5.75 Å². The summed E-state index contributed by atoms with van der Waals surface area (Å²) in [4.78, 5) is 16.3. The maximum absolute atomic E-state index is 13.4. The van der Waals surface area contributed by atoms with E-state index in [0.717, 1.165) is 51.7 Å². The van der Waals surface area contributed by atoms with Crippen LogP contribution in [0.2, 0.25) is 0 Å². The third kappa shape index (κ3) is 4.94. The first kappa shape index (κ1) is 21.9. The van der Waals surface area contributed by atoms with E-state index < -0.39 is 11.6 Å². The zero-order valence-corrected chi connectivity index (χ0v) is 18.2. The molecule has 4 rings (SSSR count). The molecule has 0 aliphatic rings. The molecule has 1 heterocycles. The summed E-state index contributed by atoms with van der Waals surface area (Å²) in [6.07, 6.45) is 1.97. The number of nitrogens with one attached hydrogen (secondary N) is 2. The Kier molecular flexibility index (Phi) is 6.75. The van der Waals surface area contributed by atoms with Gasteiger partial charge in [-0.05, 0) is 47.5 Å². The van der Waals surface area contributed by atoms with Crippen molar-refractivity contribution in [1.82, 2.24) is 10.3 Å². The highest BCUT2D eigenvalue weighted by Gasteiger charge is 2.19. The number of aromatic nitrogens is 1. The van der Waals surface area contributed by atoms with Crippen LogP contribution in [-0.4, -0.2) is 30.3 Å².